The van der Waals surface area contributed by atoms with E-state index in [1.54, 1.807) is 0 Å². The van der Waals surface area contributed by atoms with Gasteiger partial charge in [-0.2, -0.15) is 0 Å². The third-order valence-electron chi connectivity index (χ3n) is 13.4. The first kappa shape index (κ1) is 79.0. The molecular weight excluding hydrogens is 1090 g/mol. The molecule has 0 aromatic carbocycles. The molecule has 2 unspecified atom stereocenters. The maximum Gasteiger partial charge on any atom is 0.472 e. The Morgan fingerprint density at radius 2 is 0.585 bits per heavy atom. The molecular formula is C63H114O17P2. The van der Waals surface area contributed by atoms with Crippen molar-refractivity contribution in [1.29, 1.82) is 0 Å². The minimum absolute atomic E-state index is 0.0781. The Hall–Kier alpha value is -2.98. The number of ether oxygens (including phenoxy) is 4. The number of hydrogen-bond acceptors (Lipinski definition) is 15. The summed E-state index contributed by atoms with van der Waals surface area (Å²) in [6.45, 7) is 4.62. The van der Waals surface area contributed by atoms with Crippen LogP contribution in [0.1, 0.15) is 272 Å². The predicted molar refractivity (Wildman–Crippen MR) is 326 cm³/mol. The van der Waals surface area contributed by atoms with E-state index in [9.17, 15) is 43.2 Å². The van der Waals surface area contributed by atoms with Crippen LogP contribution >= 0.6 is 15.6 Å². The number of hydrogen-bond donors (Lipinski definition) is 3. The molecule has 19 heteroatoms. The second-order valence-electron chi connectivity index (χ2n) is 21.4. The molecule has 0 aromatic rings. The molecule has 0 rings (SSSR count). The first-order valence-corrected chi connectivity index (χ1v) is 34.9. The smallest absolute Gasteiger partial charge is 0.462 e. The highest BCUT2D eigenvalue weighted by atomic mass is 31.2. The van der Waals surface area contributed by atoms with Crippen LogP contribution in [-0.4, -0.2) is 96.7 Å². The van der Waals surface area contributed by atoms with E-state index in [1.165, 1.54) is 51.4 Å². The highest BCUT2D eigenvalue weighted by Gasteiger charge is 2.30. The third-order valence-corrected chi connectivity index (χ3v) is 15.3. The van der Waals surface area contributed by atoms with Crippen molar-refractivity contribution in [1.82, 2.24) is 0 Å². The zero-order chi connectivity index (χ0) is 60.5. The van der Waals surface area contributed by atoms with Crippen LogP contribution in [0.4, 0.5) is 0 Å². The highest BCUT2D eigenvalue weighted by Crippen LogP contribution is 2.45. The van der Waals surface area contributed by atoms with Crippen molar-refractivity contribution < 1.29 is 80.2 Å². The van der Waals surface area contributed by atoms with E-state index >= 15 is 0 Å². The lowest BCUT2D eigenvalue weighted by atomic mass is 10.1. The molecule has 0 radical (unpaired) electrons. The molecule has 0 amide bonds. The number of rotatable bonds is 60. The summed E-state index contributed by atoms with van der Waals surface area (Å²) in [5.41, 5.74) is 0. The van der Waals surface area contributed by atoms with Crippen molar-refractivity contribution in [2.24, 2.45) is 0 Å². The summed E-state index contributed by atoms with van der Waals surface area (Å²) in [6.07, 6.45) is 48.0. The van der Waals surface area contributed by atoms with Crippen molar-refractivity contribution in [3.05, 3.63) is 48.6 Å². The second kappa shape index (κ2) is 57.1. The van der Waals surface area contributed by atoms with Crippen molar-refractivity contribution in [2.75, 3.05) is 39.6 Å². The average Bonchev–Trinajstić information content (AvgIpc) is 3.45. The first-order valence-electron chi connectivity index (χ1n) is 31.9. The molecule has 0 saturated carbocycles. The summed E-state index contributed by atoms with van der Waals surface area (Å²) in [7, 11) is -9.89. The topological polar surface area (TPSA) is 237 Å². The fraction of sp³-hybridized carbons (Fsp3) is 0.810. The Kier molecular flexibility index (Phi) is 55.0. The molecule has 5 atom stereocenters. The number of unbranched alkanes of at least 4 members (excludes halogenated alkanes) is 28. The van der Waals surface area contributed by atoms with Gasteiger partial charge in [0.25, 0.3) is 0 Å². The maximum absolute atomic E-state index is 12.9. The standard InChI is InChI=1S/C63H114O17P2/c1-5-9-13-17-20-22-24-26-28-30-32-34-37-40-44-48-61(66)74-54-59(80-63(68)50-46-42-38-35-33-31-29-27-25-23-21-18-14-10-6-2)56-78-82(71,72)76-52-57(64)51-75-81(69,70)77-55-58(53-73-60(65)47-43-39-16-12-8-4)79-62(67)49-45-41-36-19-15-11-7-3/h22-29,57-59,64H,5-21,30-56H2,1-4H3,(H,69,70)(H,71,72)/b24-22-,25-23-,28-26-,29-27-/t57-,58+,59+/m0/s1. The minimum atomic E-state index is -4.96. The van der Waals surface area contributed by atoms with E-state index in [4.69, 9.17) is 37.0 Å². The van der Waals surface area contributed by atoms with Crippen molar-refractivity contribution >= 4 is 39.5 Å². The quantitative estimate of drug-likeness (QED) is 0.0169. The van der Waals surface area contributed by atoms with E-state index in [0.29, 0.717) is 25.7 Å². The maximum atomic E-state index is 12.9. The van der Waals surface area contributed by atoms with E-state index in [-0.39, 0.29) is 25.7 Å². The van der Waals surface area contributed by atoms with Gasteiger partial charge in [-0.1, -0.05) is 218 Å². The van der Waals surface area contributed by atoms with Crippen LogP contribution in [0, 0.1) is 0 Å². The Morgan fingerprint density at radius 3 is 0.890 bits per heavy atom. The molecule has 0 heterocycles. The van der Waals surface area contributed by atoms with Gasteiger partial charge in [0, 0.05) is 25.7 Å². The van der Waals surface area contributed by atoms with E-state index in [2.05, 4.69) is 76.3 Å². The summed E-state index contributed by atoms with van der Waals surface area (Å²) in [5, 5.41) is 10.5. The van der Waals surface area contributed by atoms with Crippen LogP contribution in [-0.2, 0) is 65.4 Å². The molecule has 17 nitrogen and oxygen atoms in total. The third kappa shape index (κ3) is 56.2. The molecule has 0 aromatic heterocycles. The van der Waals surface area contributed by atoms with Gasteiger partial charge in [-0.3, -0.25) is 37.3 Å². The summed E-state index contributed by atoms with van der Waals surface area (Å²) in [5.74, 6) is -2.21. The number of phosphoric acid groups is 2. The minimum Gasteiger partial charge on any atom is -0.462 e. The number of esters is 4. The fourth-order valence-corrected chi connectivity index (χ4v) is 9.96. The van der Waals surface area contributed by atoms with Crippen LogP contribution in [0.15, 0.2) is 48.6 Å². The number of aliphatic hydroxyl groups excluding tert-OH is 1. The zero-order valence-electron chi connectivity index (χ0n) is 51.4. The van der Waals surface area contributed by atoms with Gasteiger partial charge in [0.15, 0.2) is 12.2 Å². The average molecular weight is 1210 g/mol. The number of allylic oxidation sites excluding steroid dienone is 8. The largest absolute Gasteiger partial charge is 0.472 e. The Morgan fingerprint density at radius 1 is 0.341 bits per heavy atom. The molecule has 0 aliphatic heterocycles. The van der Waals surface area contributed by atoms with Crippen molar-refractivity contribution in [3.8, 4) is 0 Å². The van der Waals surface area contributed by atoms with Gasteiger partial charge in [0.1, 0.15) is 19.3 Å². The molecule has 0 fully saturated rings. The monoisotopic (exact) mass is 1200 g/mol. The molecule has 82 heavy (non-hydrogen) atoms. The van der Waals surface area contributed by atoms with Gasteiger partial charge in [-0.15, -0.1) is 0 Å². The summed E-state index contributed by atoms with van der Waals surface area (Å²) in [6, 6.07) is 0. The van der Waals surface area contributed by atoms with Gasteiger partial charge >= 0.3 is 39.5 Å². The summed E-state index contributed by atoms with van der Waals surface area (Å²) in [4.78, 5) is 71.7. The van der Waals surface area contributed by atoms with E-state index in [1.807, 2.05) is 0 Å². The Labute approximate surface area is 496 Å². The fourth-order valence-electron chi connectivity index (χ4n) is 8.38. The van der Waals surface area contributed by atoms with Crippen molar-refractivity contribution in [3.63, 3.8) is 0 Å². The number of phosphoric ester groups is 2. The van der Waals surface area contributed by atoms with E-state index in [0.717, 1.165) is 141 Å². The van der Waals surface area contributed by atoms with Crippen LogP contribution in [0.2, 0.25) is 0 Å². The number of aliphatic hydroxyl groups is 1. The lowest BCUT2D eigenvalue weighted by Crippen LogP contribution is -2.30. The molecule has 0 aliphatic carbocycles. The molecule has 0 saturated heterocycles. The molecule has 0 aliphatic rings. The van der Waals surface area contributed by atoms with Gasteiger partial charge in [0.05, 0.1) is 26.4 Å². The molecule has 0 bridgehead atoms. The van der Waals surface area contributed by atoms with Crippen LogP contribution in [0.3, 0.4) is 0 Å². The molecule has 3 N–H and O–H groups in total. The predicted octanol–water partition coefficient (Wildman–Crippen LogP) is 16.7. The molecule has 478 valence electrons. The lowest BCUT2D eigenvalue weighted by molar-refractivity contribution is -0.161. The van der Waals surface area contributed by atoms with Gasteiger partial charge in [-0.25, -0.2) is 9.13 Å². The number of carbonyl (C=O) groups excluding carboxylic acids is 4. The molecule has 0 spiro atoms. The SMILES string of the molecule is CCCCCC/C=C\C=C/CCCCCCCC(=O)OC[C@H](COP(=O)(O)OC[C@@H](O)COP(=O)(O)OC[C@@H](COC(=O)CCCCCCC)OC(=O)CCCCCCCCC)OC(=O)CCCCCCC/C=C\C=C/CCCCCC. The Balaban J connectivity index is 5.23. The zero-order valence-corrected chi connectivity index (χ0v) is 53.2. The summed E-state index contributed by atoms with van der Waals surface area (Å²) >= 11 is 0. The van der Waals surface area contributed by atoms with Crippen LogP contribution in [0.5, 0.6) is 0 Å². The van der Waals surface area contributed by atoms with Crippen LogP contribution in [0.25, 0.3) is 0 Å². The Bertz CT molecular complexity index is 1770. The highest BCUT2D eigenvalue weighted by molar-refractivity contribution is 7.47. The van der Waals surface area contributed by atoms with Gasteiger partial charge < -0.3 is 33.8 Å². The van der Waals surface area contributed by atoms with Crippen molar-refractivity contribution in [2.45, 2.75) is 290 Å². The van der Waals surface area contributed by atoms with Crippen LogP contribution < -0.4 is 0 Å². The normalized spacial score (nSPS) is 14.6. The van der Waals surface area contributed by atoms with E-state index < -0.39 is 97.5 Å². The van der Waals surface area contributed by atoms with Gasteiger partial charge in [-0.05, 0) is 77.0 Å². The second-order valence-corrected chi connectivity index (χ2v) is 24.3. The lowest BCUT2D eigenvalue weighted by Gasteiger charge is -2.21. The summed E-state index contributed by atoms with van der Waals surface area (Å²) < 4.78 is 67.5. The number of carbonyl (C=O) groups is 4. The van der Waals surface area contributed by atoms with Gasteiger partial charge in [0.2, 0.25) is 0 Å². The first-order chi connectivity index (χ1) is 39.7.